The van der Waals surface area contributed by atoms with E-state index in [9.17, 15) is 27.6 Å². The lowest BCUT2D eigenvalue weighted by molar-refractivity contribution is -0.187. The Kier molecular flexibility index (Phi) is 4.95. The lowest BCUT2D eigenvalue weighted by atomic mass is 9.49. The van der Waals surface area contributed by atoms with E-state index in [1.54, 1.807) is 0 Å². The van der Waals surface area contributed by atoms with Crippen LogP contribution in [0.25, 0.3) is 0 Å². The van der Waals surface area contributed by atoms with Crippen LogP contribution in [0.5, 0.6) is 0 Å². The summed E-state index contributed by atoms with van der Waals surface area (Å²) < 4.78 is 42.3. The third-order valence-corrected chi connectivity index (χ3v) is 10.2. The summed E-state index contributed by atoms with van der Waals surface area (Å²) >= 11 is 0. The maximum atomic E-state index is 13.5. The molecule has 0 spiro atoms. The second kappa shape index (κ2) is 7.49. The SMILES string of the molecule is O=C1C2CC3CC1CC(C(=O)OC1C4CC5C1OC(=O)C5C4C(=O)NCCCS(=O)(=O)O)(C3)C2. The van der Waals surface area contributed by atoms with Gasteiger partial charge >= 0.3 is 11.9 Å². The molecule has 11 heteroatoms. The van der Waals surface area contributed by atoms with Crippen molar-refractivity contribution in [1.82, 2.24) is 5.32 Å². The molecule has 0 aromatic heterocycles. The van der Waals surface area contributed by atoms with Crippen molar-refractivity contribution in [2.24, 2.45) is 46.8 Å². The van der Waals surface area contributed by atoms with Crippen LogP contribution >= 0.6 is 0 Å². The zero-order chi connectivity index (χ0) is 24.0. The van der Waals surface area contributed by atoms with Crippen molar-refractivity contribution >= 4 is 33.7 Å². The van der Waals surface area contributed by atoms with Gasteiger partial charge in [0.25, 0.3) is 10.1 Å². The minimum Gasteiger partial charge on any atom is -0.458 e. The van der Waals surface area contributed by atoms with Gasteiger partial charge in [0.15, 0.2) is 0 Å². The molecule has 1 saturated heterocycles. The van der Waals surface area contributed by atoms with Crippen molar-refractivity contribution in [1.29, 1.82) is 0 Å². The normalized spacial score (nSPS) is 45.5. The van der Waals surface area contributed by atoms with Crippen molar-refractivity contribution in [2.75, 3.05) is 12.3 Å². The average molecular weight is 496 g/mol. The van der Waals surface area contributed by atoms with Crippen LogP contribution in [0.2, 0.25) is 0 Å². The Balaban J connectivity index is 1.16. The minimum absolute atomic E-state index is 0.0451. The quantitative estimate of drug-likeness (QED) is 0.292. The van der Waals surface area contributed by atoms with Gasteiger partial charge in [-0.25, -0.2) is 0 Å². The maximum absolute atomic E-state index is 13.5. The lowest BCUT2D eigenvalue weighted by Gasteiger charge is -2.54. The van der Waals surface area contributed by atoms with Gasteiger partial charge in [0, 0.05) is 30.2 Å². The fraction of sp³-hybridized carbons (Fsp3) is 0.826. The van der Waals surface area contributed by atoms with Crippen LogP contribution in [-0.4, -0.2) is 61.1 Å². The third kappa shape index (κ3) is 3.33. The molecule has 7 rings (SSSR count). The first-order valence-electron chi connectivity index (χ1n) is 12.2. The van der Waals surface area contributed by atoms with Crippen molar-refractivity contribution in [3.63, 3.8) is 0 Å². The summed E-state index contributed by atoms with van der Waals surface area (Å²) in [6.45, 7) is 0.0451. The molecule has 1 heterocycles. The molecule has 0 radical (unpaired) electrons. The van der Waals surface area contributed by atoms with E-state index in [-0.39, 0.29) is 54.3 Å². The van der Waals surface area contributed by atoms with Crippen LogP contribution in [0, 0.1) is 46.8 Å². The van der Waals surface area contributed by atoms with Gasteiger partial charge in [-0.3, -0.25) is 23.7 Å². The van der Waals surface area contributed by atoms with Crippen molar-refractivity contribution < 1.29 is 41.6 Å². The number of ether oxygens (including phenoxy) is 2. The molecule has 6 aliphatic carbocycles. The van der Waals surface area contributed by atoms with Gasteiger partial charge in [-0.2, -0.15) is 8.42 Å². The van der Waals surface area contributed by atoms with E-state index in [0.717, 1.165) is 19.3 Å². The fourth-order valence-corrected chi connectivity index (χ4v) is 8.84. The largest absolute Gasteiger partial charge is 0.458 e. The highest BCUT2D eigenvalue weighted by molar-refractivity contribution is 7.85. The zero-order valence-electron chi connectivity index (χ0n) is 18.7. The molecule has 8 unspecified atom stereocenters. The Bertz CT molecular complexity index is 1050. The van der Waals surface area contributed by atoms with Crippen molar-refractivity contribution in [3.05, 3.63) is 0 Å². The van der Waals surface area contributed by atoms with E-state index in [0.29, 0.717) is 25.2 Å². The number of fused-ring (bicyclic) bond motifs is 1. The Morgan fingerprint density at radius 2 is 1.79 bits per heavy atom. The van der Waals surface area contributed by atoms with Gasteiger partial charge in [0.2, 0.25) is 5.91 Å². The van der Waals surface area contributed by atoms with Gasteiger partial charge in [0.05, 0.1) is 23.0 Å². The number of esters is 2. The highest BCUT2D eigenvalue weighted by atomic mass is 32.2. The Labute approximate surface area is 197 Å². The van der Waals surface area contributed by atoms with Crippen molar-refractivity contribution in [3.8, 4) is 0 Å². The number of hydrogen-bond acceptors (Lipinski definition) is 8. The van der Waals surface area contributed by atoms with Crippen LogP contribution < -0.4 is 5.32 Å². The summed E-state index contributed by atoms with van der Waals surface area (Å²) in [6, 6.07) is 0. The van der Waals surface area contributed by atoms with E-state index in [2.05, 4.69) is 5.32 Å². The fourth-order valence-electron chi connectivity index (χ4n) is 8.33. The van der Waals surface area contributed by atoms with Crippen LogP contribution in [0.1, 0.15) is 44.9 Å². The average Bonchev–Trinajstić information content (AvgIpc) is 3.37. The Morgan fingerprint density at radius 3 is 2.47 bits per heavy atom. The maximum Gasteiger partial charge on any atom is 0.312 e. The summed E-state index contributed by atoms with van der Waals surface area (Å²) in [5, 5.41) is 2.67. The number of amides is 1. The summed E-state index contributed by atoms with van der Waals surface area (Å²) in [4.78, 5) is 51.6. The lowest BCUT2D eigenvalue weighted by Crippen LogP contribution is -2.56. The first kappa shape index (κ1) is 22.5. The smallest absolute Gasteiger partial charge is 0.312 e. The summed E-state index contributed by atoms with van der Waals surface area (Å²) in [7, 11) is -4.12. The predicted octanol–water partition coefficient (Wildman–Crippen LogP) is 0.495. The number of rotatable bonds is 7. The number of carbonyl (C=O) groups is 4. The summed E-state index contributed by atoms with van der Waals surface area (Å²) in [5.41, 5.74) is -0.651. The molecule has 6 bridgehead atoms. The molecule has 7 aliphatic rings. The van der Waals surface area contributed by atoms with Gasteiger partial charge in [-0.05, 0) is 50.9 Å². The minimum atomic E-state index is -4.12. The van der Waals surface area contributed by atoms with Crippen LogP contribution in [0.15, 0.2) is 0 Å². The topological polar surface area (TPSA) is 153 Å². The molecule has 0 aromatic rings. The van der Waals surface area contributed by atoms with Crippen LogP contribution in [-0.2, 0) is 38.8 Å². The molecule has 2 N–H and O–H groups in total. The van der Waals surface area contributed by atoms with Crippen LogP contribution in [0.3, 0.4) is 0 Å². The van der Waals surface area contributed by atoms with Gasteiger partial charge in [0.1, 0.15) is 18.0 Å². The molecule has 1 amide bonds. The molecule has 186 valence electrons. The molecule has 0 aromatic carbocycles. The molecule has 7 fully saturated rings. The molecular weight excluding hydrogens is 466 g/mol. The number of hydrogen-bond donors (Lipinski definition) is 2. The van der Waals surface area contributed by atoms with Gasteiger partial charge < -0.3 is 14.8 Å². The second-order valence-corrected chi connectivity index (χ2v) is 12.9. The Hall–Kier alpha value is -2.01. The number of ketones is 1. The second-order valence-electron chi connectivity index (χ2n) is 11.3. The van der Waals surface area contributed by atoms with Gasteiger partial charge in [-0.15, -0.1) is 0 Å². The molecule has 34 heavy (non-hydrogen) atoms. The van der Waals surface area contributed by atoms with Gasteiger partial charge in [-0.1, -0.05) is 0 Å². The molecule has 1 aliphatic heterocycles. The number of Topliss-reactive ketones (excluding diaryl/α,β-unsaturated/α-hetero) is 1. The molecule has 10 nitrogen and oxygen atoms in total. The monoisotopic (exact) mass is 495 g/mol. The zero-order valence-corrected chi connectivity index (χ0v) is 19.5. The Morgan fingerprint density at radius 1 is 1.09 bits per heavy atom. The highest BCUT2D eigenvalue weighted by Crippen LogP contribution is 2.61. The summed E-state index contributed by atoms with van der Waals surface area (Å²) in [6.07, 6.45) is 2.90. The molecule has 8 atom stereocenters. The van der Waals surface area contributed by atoms with E-state index >= 15 is 0 Å². The predicted molar refractivity (Wildman–Crippen MR) is 113 cm³/mol. The summed E-state index contributed by atoms with van der Waals surface area (Å²) in [5.74, 6) is -2.87. The highest BCUT2D eigenvalue weighted by Gasteiger charge is 2.70. The van der Waals surface area contributed by atoms with Crippen molar-refractivity contribution in [2.45, 2.75) is 57.2 Å². The van der Waals surface area contributed by atoms with E-state index < -0.39 is 51.3 Å². The first-order chi connectivity index (χ1) is 16.1. The molecule has 6 saturated carbocycles. The number of carbonyl (C=O) groups excluding carboxylic acids is 4. The third-order valence-electron chi connectivity index (χ3n) is 9.40. The number of nitrogens with one attached hydrogen (secondary N) is 1. The van der Waals surface area contributed by atoms with E-state index in [4.69, 9.17) is 14.0 Å². The molecular formula is C23H29NO9S. The van der Waals surface area contributed by atoms with Crippen LogP contribution in [0.4, 0.5) is 0 Å². The first-order valence-corrected chi connectivity index (χ1v) is 13.9. The van der Waals surface area contributed by atoms with E-state index in [1.165, 1.54) is 0 Å². The van der Waals surface area contributed by atoms with E-state index in [1.807, 2.05) is 0 Å². The standard InChI is InChI=1S/C23H29NO9S/c25-17-11-4-10-5-12(17)9-23(7-10,8-11)22(28)33-19-13-6-14-16(21(27)32-18(14)19)15(13)20(26)24-2-1-3-34(29,30)31/h10-16,18-19H,1-9H2,(H,24,26)(H,29,30,31).